The molecule has 3 heterocycles. The lowest BCUT2D eigenvalue weighted by Crippen LogP contribution is -2.21. The van der Waals surface area contributed by atoms with Gasteiger partial charge in [0.15, 0.2) is 5.43 Å². The number of H-pyrrole nitrogens is 1. The van der Waals surface area contributed by atoms with E-state index in [9.17, 15) is 9.18 Å². The van der Waals surface area contributed by atoms with E-state index in [0.29, 0.717) is 46.2 Å². The summed E-state index contributed by atoms with van der Waals surface area (Å²) in [6, 6.07) is 5.91. The Bertz CT molecular complexity index is 1060. The number of benzene rings is 1. The van der Waals surface area contributed by atoms with E-state index in [-0.39, 0.29) is 12.0 Å². The quantitative estimate of drug-likeness (QED) is 0.685. The third kappa shape index (κ3) is 4.56. The average molecular weight is 398 g/mol. The van der Waals surface area contributed by atoms with Gasteiger partial charge in [-0.2, -0.15) is 0 Å². The Kier molecular flexibility index (Phi) is 5.76. The lowest BCUT2D eigenvalue weighted by atomic mass is 10.0. The number of hydrogen-bond acceptors (Lipinski definition) is 5. The molecule has 29 heavy (non-hydrogen) atoms. The van der Waals surface area contributed by atoms with Gasteiger partial charge in [-0.25, -0.2) is 4.39 Å². The Labute approximate surface area is 167 Å². The summed E-state index contributed by atoms with van der Waals surface area (Å²) in [6.07, 6.45) is 5.26. The van der Waals surface area contributed by atoms with Crippen LogP contribution in [0.2, 0.25) is 0 Å². The van der Waals surface area contributed by atoms with Gasteiger partial charge in [0.2, 0.25) is 0 Å². The van der Waals surface area contributed by atoms with Gasteiger partial charge in [0, 0.05) is 35.7 Å². The van der Waals surface area contributed by atoms with Gasteiger partial charge >= 0.3 is 0 Å². The van der Waals surface area contributed by atoms with Crippen molar-refractivity contribution >= 4 is 10.9 Å². The van der Waals surface area contributed by atoms with E-state index in [2.05, 4.69) is 9.97 Å². The summed E-state index contributed by atoms with van der Waals surface area (Å²) in [5.74, 6) is 1.25. The van der Waals surface area contributed by atoms with Crippen LogP contribution in [0.3, 0.4) is 0 Å². The zero-order valence-electron chi connectivity index (χ0n) is 16.2. The maximum Gasteiger partial charge on any atom is 0.192 e. The van der Waals surface area contributed by atoms with Gasteiger partial charge in [-0.1, -0.05) is 0 Å². The molecule has 1 aliphatic heterocycles. The summed E-state index contributed by atoms with van der Waals surface area (Å²) >= 11 is 0. The minimum Gasteiger partial charge on any atom is -0.492 e. The summed E-state index contributed by atoms with van der Waals surface area (Å²) in [4.78, 5) is 19.9. The molecule has 2 aromatic heterocycles. The standard InChI is InChI=1S/C22H23FN2O4/c1-14-21(25-20-3-2-16(23)8-19(20)22(14)26)13-29-18-9-17(10-24-11-18)28-12-15-4-6-27-7-5-15/h2-3,8-11,15H,4-7,12-13H2,1H3,(H,25,26). The van der Waals surface area contributed by atoms with Crippen LogP contribution < -0.4 is 14.9 Å². The van der Waals surface area contributed by atoms with Gasteiger partial charge < -0.3 is 19.2 Å². The van der Waals surface area contributed by atoms with Crippen LogP contribution in [0.5, 0.6) is 11.5 Å². The summed E-state index contributed by atoms with van der Waals surface area (Å²) in [7, 11) is 0. The van der Waals surface area contributed by atoms with E-state index in [4.69, 9.17) is 14.2 Å². The van der Waals surface area contributed by atoms with Crippen LogP contribution in [0.1, 0.15) is 24.1 Å². The van der Waals surface area contributed by atoms with Crippen molar-refractivity contribution in [2.45, 2.75) is 26.4 Å². The molecule has 1 fully saturated rings. The molecular weight excluding hydrogens is 375 g/mol. The summed E-state index contributed by atoms with van der Waals surface area (Å²) in [5.41, 5.74) is 1.52. The summed E-state index contributed by atoms with van der Waals surface area (Å²) in [6.45, 7) is 4.06. The first-order valence-electron chi connectivity index (χ1n) is 9.69. The largest absolute Gasteiger partial charge is 0.492 e. The molecule has 0 amide bonds. The second-order valence-corrected chi connectivity index (χ2v) is 7.26. The molecular formula is C22H23FN2O4. The first-order valence-corrected chi connectivity index (χ1v) is 9.69. The lowest BCUT2D eigenvalue weighted by Gasteiger charge is -2.22. The van der Waals surface area contributed by atoms with Crippen molar-refractivity contribution in [3.8, 4) is 11.5 Å². The number of aromatic nitrogens is 2. The van der Waals surface area contributed by atoms with E-state index in [1.54, 1.807) is 31.5 Å². The van der Waals surface area contributed by atoms with E-state index in [1.807, 2.05) is 0 Å². The predicted molar refractivity (Wildman–Crippen MR) is 107 cm³/mol. The smallest absolute Gasteiger partial charge is 0.192 e. The molecule has 0 spiro atoms. The Morgan fingerprint density at radius 3 is 2.72 bits per heavy atom. The molecule has 3 aromatic rings. The van der Waals surface area contributed by atoms with E-state index >= 15 is 0 Å². The number of hydrogen-bond donors (Lipinski definition) is 1. The number of fused-ring (bicyclic) bond motifs is 1. The van der Waals surface area contributed by atoms with Gasteiger partial charge in [-0.3, -0.25) is 9.78 Å². The Morgan fingerprint density at radius 2 is 1.93 bits per heavy atom. The highest BCUT2D eigenvalue weighted by Crippen LogP contribution is 2.22. The second kappa shape index (κ2) is 8.61. The predicted octanol–water partition coefficient (Wildman–Crippen LogP) is 3.76. The SMILES string of the molecule is Cc1c(COc2cncc(OCC3CCOCC3)c2)[nH]c2ccc(F)cc2c1=O. The van der Waals surface area contributed by atoms with Crippen LogP contribution in [0.15, 0.2) is 41.5 Å². The normalized spacial score (nSPS) is 14.8. The molecule has 0 atom stereocenters. The molecule has 152 valence electrons. The third-order valence-corrected chi connectivity index (χ3v) is 5.20. The molecule has 0 aliphatic carbocycles. The number of pyridine rings is 2. The van der Waals surface area contributed by atoms with Crippen LogP contribution in [0.25, 0.3) is 10.9 Å². The zero-order valence-corrected chi connectivity index (χ0v) is 16.2. The van der Waals surface area contributed by atoms with Crippen molar-refractivity contribution in [1.82, 2.24) is 9.97 Å². The minimum atomic E-state index is -0.435. The van der Waals surface area contributed by atoms with Gasteiger partial charge in [-0.15, -0.1) is 0 Å². The van der Waals surface area contributed by atoms with Crippen molar-refractivity contribution in [3.05, 3.63) is 64.0 Å². The third-order valence-electron chi connectivity index (χ3n) is 5.20. The Morgan fingerprint density at radius 1 is 1.17 bits per heavy atom. The van der Waals surface area contributed by atoms with Crippen LogP contribution in [0.4, 0.5) is 4.39 Å². The van der Waals surface area contributed by atoms with Gasteiger partial charge in [0.1, 0.15) is 23.9 Å². The summed E-state index contributed by atoms with van der Waals surface area (Å²) in [5, 5.41) is 0.330. The maximum absolute atomic E-state index is 13.4. The van der Waals surface area contributed by atoms with Crippen molar-refractivity contribution in [2.24, 2.45) is 5.92 Å². The molecule has 1 aliphatic rings. The molecule has 0 radical (unpaired) electrons. The molecule has 6 nitrogen and oxygen atoms in total. The number of nitrogens with zero attached hydrogens (tertiary/aromatic N) is 1. The van der Waals surface area contributed by atoms with Gasteiger partial charge in [-0.05, 0) is 43.9 Å². The topological polar surface area (TPSA) is 73.4 Å². The van der Waals surface area contributed by atoms with Crippen LogP contribution >= 0.6 is 0 Å². The lowest BCUT2D eigenvalue weighted by molar-refractivity contribution is 0.0496. The molecule has 0 saturated carbocycles. The monoisotopic (exact) mass is 398 g/mol. The Hall–Kier alpha value is -2.93. The molecule has 0 unspecified atom stereocenters. The van der Waals surface area contributed by atoms with E-state index in [0.717, 1.165) is 26.1 Å². The van der Waals surface area contributed by atoms with Gasteiger partial charge in [0.05, 0.1) is 24.7 Å². The zero-order chi connectivity index (χ0) is 20.2. The number of nitrogens with one attached hydrogen (secondary N) is 1. The molecule has 4 rings (SSSR count). The number of ether oxygens (including phenoxy) is 3. The average Bonchev–Trinajstić information content (AvgIpc) is 2.75. The molecule has 1 saturated heterocycles. The first kappa shape index (κ1) is 19.4. The van der Waals surface area contributed by atoms with Crippen LogP contribution in [-0.4, -0.2) is 29.8 Å². The van der Waals surface area contributed by atoms with E-state index in [1.165, 1.54) is 12.1 Å². The molecule has 1 N–H and O–H groups in total. The van der Waals surface area contributed by atoms with Crippen LogP contribution in [-0.2, 0) is 11.3 Å². The Balaban J connectivity index is 1.44. The highest BCUT2D eigenvalue weighted by atomic mass is 19.1. The van der Waals surface area contributed by atoms with Crippen molar-refractivity contribution in [1.29, 1.82) is 0 Å². The number of rotatable bonds is 6. The molecule has 7 heteroatoms. The van der Waals surface area contributed by atoms with Crippen molar-refractivity contribution in [2.75, 3.05) is 19.8 Å². The maximum atomic E-state index is 13.4. The van der Waals surface area contributed by atoms with Gasteiger partial charge in [0.25, 0.3) is 0 Å². The van der Waals surface area contributed by atoms with Crippen molar-refractivity contribution < 1.29 is 18.6 Å². The highest BCUT2D eigenvalue weighted by molar-refractivity contribution is 5.79. The minimum absolute atomic E-state index is 0.166. The fraction of sp³-hybridized carbons (Fsp3) is 0.364. The first-order chi connectivity index (χ1) is 14.1. The molecule has 0 bridgehead atoms. The molecule has 1 aromatic carbocycles. The number of halogens is 1. The van der Waals surface area contributed by atoms with E-state index < -0.39 is 5.82 Å². The summed E-state index contributed by atoms with van der Waals surface area (Å²) < 4.78 is 30.5. The highest BCUT2D eigenvalue weighted by Gasteiger charge is 2.15. The fourth-order valence-corrected chi connectivity index (χ4v) is 3.39. The second-order valence-electron chi connectivity index (χ2n) is 7.26. The number of aromatic amines is 1. The van der Waals surface area contributed by atoms with Crippen LogP contribution in [0, 0.1) is 18.7 Å². The van der Waals surface area contributed by atoms with Crippen molar-refractivity contribution in [3.63, 3.8) is 0 Å². The fourth-order valence-electron chi connectivity index (χ4n) is 3.39.